The van der Waals surface area contributed by atoms with Crippen LogP contribution in [0.3, 0.4) is 0 Å². The summed E-state index contributed by atoms with van der Waals surface area (Å²) in [4.78, 5) is 25.9. The maximum absolute atomic E-state index is 12.6. The van der Waals surface area contributed by atoms with Crippen LogP contribution in [0, 0.1) is 0 Å². The van der Waals surface area contributed by atoms with Crippen LogP contribution >= 0.6 is 0 Å². The monoisotopic (exact) mass is 345 g/mol. The van der Waals surface area contributed by atoms with Crippen LogP contribution in [0.5, 0.6) is 11.5 Å². The van der Waals surface area contributed by atoms with Gasteiger partial charge in [0.15, 0.2) is 0 Å². The molecule has 1 aromatic heterocycles. The van der Waals surface area contributed by atoms with E-state index in [0.29, 0.717) is 24.6 Å². The average Bonchev–Trinajstić information content (AvgIpc) is 2.63. The van der Waals surface area contributed by atoms with E-state index in [2.05, 4.69) is 5.10 Å². The van der Waals surface area contributed by atoms with Gasteiger partial charge in [0.25, 0.3) is 11.5 Å². The van der Waals surface area contributed by atoms with Crippen LogP contribution in [0.2, 0.25) is 0 Å². The number of ether oxygens (including phenoxy) is 2. The van der Waals surface area contributed by atoms with E-state index in [4.69, 9.17) is 9.47 Å². The summed E-state index contributed by atoms with van der Waals surface area (Å²) in [5, 5.41) is 4.16. The van der Waals surface area contributed by atoms with Crippen LogP contribution in [-0.2, 0) is 13.1 Å². The Balaban J connectivity index is 2.21. The second kappa shape index (κ2) is 8.32. The predicted molar refractivity (Wildman–Crippen MR) is 94.1 cm³/mol. The Hall–Kier alpha value is -2.83. The number of methoxy groups -OCH3 is 2. The molecular weight excluding hydrogens is 322 g/mol. The topological polar surface area (TPSA) is 73.7 Å². The lowest BCUT2D eigenvalue weighted by atomic mass is 10.1. The minimum Gasteiger partial charge on any atom is -0.497 e. The lowest BCUT2D eigenvalue weighted by Crippen LogP contribution is -2.31. The van der Waals surface area contributed by atoms with Gasteiger partial charge in [-0.15, -0.1) is 0 Å². The third-order valence-corrected chi connectivity index (χ3v) is 3.77. The van der Waals surface area contributed by atoms with E-state index in [1.165, 1.54) is 21.7 Å². The smallest absolute Gasteiger partial charge is 0.274 e. The van der Waals surface area contributed by atoms with Crippen molar-refractivity contribution in [3.8, 4) is 11.5 Å². The van der Waals surface area contributed by atoms with Crippen LogP contribution in [0.4, 0.5) is 0 Å². The molecule has 1 heterocycles. The molecule has 0 radical (unpaired) electrons. The third kappa shape index (κ3) is 4.37. The van der Waals surface area contributed by atoms with Gasteiger partial charge in [-0.25, -0.2) is 4.68 Å². The number of aromatic nitrogens is 2. The van der Waals surface area contributed by atoms with Crippen molar-refractivity contribution in [2.24, 2.45) is 0 Å². The first-order valence-corrected chi connectivity index (χ1v) is 8.04. The molecule has 25 heavy (non-hydrogen) atoms. The molecule has 0 spiro atoms. The molecule has 1 aromatic carbocycles. The highest BCUT2D eigenvalue weighted by Crippen LogP contribution is 2.25. The normalized spacial score (nSPS) is 10.4. The van der Waals surface area contributed by atoms with Crippen molar-refractivity contribution in [3.05, 3.63) is 51.9 Å². The lowest BCUT2D eigenvalue weighted by Gasteiger charge is -2.19. The summed E-state index contributed by atoms with van der Waals surface area (Å²) in [7, 11) is 4.84. The van der Waals surface area contributed by atoms with E-state index >= 15 is 0 Å². The predicted octanol–water partition coefficient (Wildman–Crippen LogP) is 1.94. The maximum atomic E-state index is 12.6. The van der Waals surface area contributed by atoms with Gasteiger partial charge in [0.1, 0.15) is 17.2 Å². The number of hydrogen-bond donors (Lipinski definition) is 0. The van der Waals surface area contributed by atoms with Gasteiger partial charge in [0.05, 0.1) is 14.2 Å². The third-order valence-electron chi connectivity index (χ3n) is 3.77. The van der Waals surface area contributed by atoms with Crippen LogP contribution in [-0.4, -0.2) is 41.9 Å². The van der Waals surface area contributed by atoms with Crippen LogP contribution < -0.4 is 15.0 Å². The zero-order chi connectivity index (χ0) is 18.4. The standard InChI is InChI=1S/C18H23N3O4/c1-5-10-21-17(22)9-8-15(19-21)18(23)20(2)12-13-6-7-14(24-3)11-16(13)25-4/h6-9,11H,5,10,12H2,1-4H3. The molecule has 0 unspecified atom stereocenters. The van der Waals surface area contributed by atoms with Crippen molar-refractivity contribution in [2.45, 2.75) is 26.4 Å². The number of rotatable bonds is 7. The summed E-state index contributed by atoms with van der Waals surface area (Å²) >= 11 is 0. The van der Waals surface area contributed by atoms with Gasteiger partial charge in [-0.2, -0.15) is 5.10 Å². The largest absolute Gasteiger partial charge is 0.497 e. The molecule has 2 aromatic rings. The van der Waals surface area contributed by atoms with Gasteiger partial charge in [-0.3, -0.25) is 9.59 Å². The molecule has 0 saturated carbocycles. The van der Waals surface area contributed by atoms with Crippen LogP contribution in [0.25, 0.3) is 0 Å². The average molecular weight is 345 g/mol. The summed E-state index contributed by atoms with van der Waals surface area (Å²) in [5.74, 6) is 1.06. The molecule has 0 atom stereocenters. The summed E-state index contributed by atoms with van der Waals surface area (Å²) in [6, 6.07) is 8.27. The molecule has 0 N–H and O–H groups in total. The number of benzene rings is 1. The van der Waals surface area contributed by atoms with E-state index in [1.54, 1.807) is 27.3 Å². The molecule has 0 saturated heterocycles. The Bertz CT molecular complexity index is 801. The molecule has 134 valence electrons. The van der Waals surface area contributed by atoms with Gasteiger partial charge < -0.3 is 14.4 Å². The Kier molecular flexibility index (Phi) is 6.16. The maximum Gasteiger partial charge on any atom is 0.274 e. The second-order valence-electron chi connectivity index (χ2n) is 5.62. The fraction of sp³-hybridized carbons (Fsp3) is 0.389. The van der Waals surface area contributed by atoms with Gasteiger partial charge in [0, 0.05) is 37.8 Å². The highest BCUT2D eigenvalue weighted by Gasteiger charge is 2.17. The minimum atomic E-state index is -0.261. The fourth-order valence-electron chi connectivity index (χ4n) is 2.44. The van der Waals surface area contributed by atoms with Crippen molar-refractivity contribution >= 4 is 5.91 Å². The number of amides is 1. The molecule has 0 fully saturated rings. The molecule has 7 heteroatoms. The van der Waals surface area contributed by atoms with E-state index < -0.39 is 0 Å². The second-order valence-corrected chi connectivity index (χ2v) is 5.62. The molecule has 0 bridgehead atoms. The number of carbonyl (C=O) groups is 1. The van der Waals surface area contributed by atoms with E-state index in [-0.39, 0.29) is 17.2 Å². The Morgan fingerprint density at radius 1 is 1.20 bits per heavy atom. The van der Waals surface area contributed by atoms with Gasteiger partial charge in [-0.1, -0.05) is 6.92 Å². The van der Waals surface area contributed by atoms with Crippen molar-refractivity contribution in [1.29, 1.82) is 0 Å². The molecule has 7 nitrogen and oxygen atoms in total. The molecule has 0 aliphatic rings. The molecular formula is C18H23N3O4. The minimum absolute atomic E-state index is 0.210. The molecule has 2 rings (SSSR count). The molecule has 0 aliphatic carbocycles. The highest BCUT2D eigenvalue weighted by atomic mass is 16.5. The number of hydrogen-bond acceptors (Lipinski definition) is 5. The summed E-state index contributed by atoms with van der Waals surface area (Å²) in [5.41, 5.74) is 0.877. The number of carbonyl (C=O) groups excluding carboxylic acids is 1. The van der Waals surface area contributed by atoms with E-state index in [0.717, 1.165) is 12.0 Å². The zero-order valence-corrected chi connectivity index (χ0v) is 15.0. The summed E-state index contributed by atoms with van der Waals surface area (Å²) in [6.45, 7) is 2.78. The summed E-state index contributed by atoms with van der Waals surface area (Å²) in [6.07, 6.45) is 0.767. The zero-order valence-electron chi connectivity index (χ0n) is 15.0. The quantitative estimate of drug-likeness (QED) is 0.767. The molecule has 1 amide bonds. The number of nitrogens with zero attached hydrogens (tertiary/aromatic N) is 3. The molecule has 0 aliphatic heterocycles. The fourth-order valence-corrected chi connectivity index (χ4v) is 2.44. The van der Waals surface area contributed by atoms with Crippen LogP contribution in [0.1, 0.15) is 29.4 Å². The highest BCUT2D eigenvalue weighted by molar-refractivity contribution is 5.91. The van der Waals surface area contributed by atoms with Crippen molar-refractivity contribution in [1.82, 2.24) is 14.7 Å². The first kappa shape index (κ1) is 18.5. The lowest BCUT2D eigenvalue weighted by molar-refractivity contribution is 0.0775. The first-order chi connectivity index (χ1) is 12.0. The van der Waals surface area contributed by atoms with Crippen molar-refractivity contribution < 1.29 is 14.3 Å². The van der Waals surface area contributed by atoms with E-state index in [9.17, 15) is 9.59 Å². The first-order valence-electron chi connectivity index (χ1n) is 8.04. The SMILES string of the molecule is CCCn1nc(C(=O)N(C)Cc2ccc(OC)cc2OC)ccc1=O. The van der Waals surface area contributed by atoms with Gasteiger partial charge >= 0.3 is 0 Å². The van der Waals surface area contributed by atoms with Crippen LogP contribution in [0.15, 0.2) is 35.1 Å². The Morgan fingerprint density at radius 3 is 2.60 bits per heavy atom. The van der Waals surface area contributed by atoms with Crippen molar-refractivity contribution in [3.63, 3.8) is 0 Å². The van der Waals surface area contributed by atoms with Gasteiger partial charge in [-0.05, 0) is 24.6 Å². The Labute approximate surface area is 146 Å². The number of aryl methyl sites for hydroxylation is 1. The van der Waals surface area contributed by atoms with Crippen molar-refractivity contribution in [2.75, 3.05) is 21.3 Å². The van der Waals surface area contributed by atoms with Gasteiger partial charge in [0.2, 0.25) is 0 Å². The Morgan fingerprint density at radius 2 is 1.96 bits per heavy atom. The summed E-state index contributed by atoms with van der Waals surface area (Å²) < 4.78 is 11.9. The van der Waals surface area contributed by atoms with E-state index in [1.807, 2.05) is 19.1 Å².